The van der Waals surface area contributed by atoms with Crippen LogP contribution in [0.1, 0.15) is 6.17 Å². The normalized spacial score (nSPS) is 19.3. The van der Waals surface area contributed by atoms with Gasteiger partial charge in [0, 0.05) is 15.7 Å². The molecule has 5 heteroatoms. The van der Waals surface area contributed by atoms with E-state index in [1.54, 1.807) is 4.57 Å². The highest BCUT2D eigenvalue weighted by atomic mass is 16.6. The van der Waals surface area contributed by atoms with E-state index in [-0.39, 0.29) is 11.0 Å². The first-order chi connectivity index (χ1) is 9.77. The first-order valence-corrected chi connectivity index (χ1v) is 6.50. The summed E-state index contributed by atoms with van der Waals surface area (Å²) in [6, 6.07) is 15.6. The lowest BCUT2D eigenvalue weighted by atomic mass is 10.2. The molecule has 0 N–H and O–H groups in total. The minimum Gasteiger partial charge on any atom is -0.363 e. The van der Waals surface area contributed by atoms with Crippen LogP contribution >= 0.6 is 0 Å². The van der Waals surface area contributed by atoms with Gasteiger partial charge < -0.3 is 4.74 Å². The molecule has 4 rings (SSSR count). The van der Waals surface area contributed by atoms with Gasteiger partial charge in [-0.2, -0.15) is 0 Å². The molecule has 0 saturated carbocycles. The van der Waals surface area contributed by atoms with Gasteiger partial charge in [-0.3, -0.25) is 14.7 Å². The van der Waals surface area contributed by atoms with Crippen LogP contribution in [0.5, 0.6) is 0 Å². The number of hydrogen-bond acceptors (Lipinski definition) is 3. The maximum atomic E-state index is 11.5. The van der Waals surface area contributed by atoms with Gasteiger partial charge in [-0.15, -0.1) is 0 Å². The second kappa shape index (κ2) is 4.05. The molecule has 2 heterocycles. The summed E-state index contributed by atoms with van der Waals surface area (Å²) in [4.78, 5) is 11.2. The molecule has 2 aromatic carbocycles. The molecule has 2 unspecified atom stereocenters. The number of para-hydroxylation sites is 2. The summed E-state index contributed by atoms with van der Waals surface area (Å²) in [5, 5.41) is 13.5. The van der Waals surface area contributed by atoms with Gasteiger partial charge in [0.25, 0.3) is 0 Å². The van der Waals surface area contributed by atoms with Crippen LogP contribution in [0, 0.1) is 10.1 Å². The molecule has 0 aliphatic carbocycles. The second-order valence-electron chi connectivity index (χ2n) is 4.98. The Morgan fingerprint density at radius 1 is 1.10 bits per heavy atom. The predicted octanol–water partition coefficient (Wildman–Crippen LogP) is 2.97. The van der Waals surface area contributed by atoms with Gasteiger partial charge >= 0.3 is 6.17 Å². The Morgan fingerprint density at radius 2 is 1.60 bits per heavy atom. The SMILES string of the molecule is O=[N+]([O-])C(C1CO1)n1c2ccccc2c2ccccc21. The topological polar surface area (TPSA) is 60.6 Å². The molecule has 0 amide bonds. The second-order valence-corrected chi connectivity index (χ2v) is 4.98. The molecule has 1 fully saturated rings. The highest BCUT2D eigenvalue weighted by Gasteiger charge is 2.44. The smallest absolute Gasteiger partial charge is 0.319 e. The lowest BCUT2D eigenvalue weighted by Gasteiger charge is -2.11. The van der Waals surface area contributed by atoms with Gasteiger partial charge in [0.15, 0.2) is 6.10 Å². The van der Waals surface area contributed by atoms with Crippen molar-refractivity contribution in [3.63, 3.8) is 0 Å². The van der Waals surface area contributed by atoms with Gasteiger partial charge in [0.1, 0.15) is 0 Å². The largest absolute Gasteiger partial charge is 0.363 e. The van der Waals surface area contributed by atoms with Crippen LogP contribution in [0.2, 0.25) is 0 Å². The Bertz CT molecular complexity index is 767. The van der Waals surface area contributed by atoms with Gasteiger partial charge in [-0.1, -0.05) is 36.4 Å². The average molecular weight is 268 g/mol. The van der Waals surface area contributed by atoms with Gasteiger partial charge in [-0.25, -0.2) is 0 Å². The Labute approximate surface area is 114 Å². The van der Waals surface area contributed by atoms with E-state index in [1.165, 1.54) is 0 Å². The van der Waals surface area contributed by atoms with Gasteiger partial charge in [-0.05, 0) is 12.1 Å². The third-order valence-electron chi connectivity index (χ3n) is 3.79. The maximum Gasteiger partial charge on any atom is 0.319 e. The molecular formula is C15H12N2O3. The summed E-state index contributed by atoms with van der Waals surface area (Å²) in [5.74, 6) is 0. The van der Waals surface area contributed by atoms with E-state index in [9.17, 15) is 10.1 Å². The number of rotatable bonds is 3. The Balaban J connectivity index is 2.11. The molecule has 0 bridgehead atoms. The number of benzene rings is 2. The molecule has 3 aromatic rings. The molecular weight excluding hydrogens is 256 g/mol. The molecule has 0 radical (unpaired) electrons. The molecule has 5 nitrogen and oxygen atoms in total. The van der Waals surface area contributed by atoms with E-state index in [4.69, 9.17) is 4.74 Å². The summed E-state index contributed by atoms with van der Waals surface area (Å²) < 4.78 is 6.99. The van der Waals surface area contributed by atoms with Crippen molar-refractivity contribution in [3.05, 3.63) is 58.6 Å². The van der Waals surface area contributed by atoms with Crippen LogP contribution in [0.25, 0.3) is 21.8 Å². The Morgan fingerprint density at radius 3 is 2.05 bits per heavy atom. The van der Waals surface area contributed by atoms with E-state index >= 15 is 0 Å². The van der Waals surface area contributed by atoms with Crippen molar-refractivity contribution < 1.29 is 9.66 Å². The first kappa shape index (κ1) is 11.4. The number of fused-ring (bicyclic) bond motifs is 3. The van der Waals surface area contributed by atoms with E-state index in [0.29, 0.717) is 6.61 Å². The van der Waals surface area contributed by atoms with Crippen LogP contribution in [0.4, 0.5) is 0 Å². The van der Waals surface area contributed by atoms with Crippen LogP contribution < -0.4 is 0 Å². The standard InChI is InChI=1S/C15H12N2O3/c18-17(19)15(14-9-20-14)16-12-7-3-1-5-10(12)11-6-2-4-8-13(11)16/h1-8,14-15H,9H2. The minimum absolute atomic E-state index is 0.253. The van der Waals surface area contributed by atoms with Crippen molar-refractivity contribution in [3.8, 4) is 0 Å². The zero-order valence-electron chi connectivity index (χ0n) is 10.6. The maximum absolute atomic E-state index is 11.5. The van der Waals surface area contributed by atoms with E-state index in [0.717, 1.165) is 21.8 Å². The molecule has 1 aliphatic rings. The summed E-state index contributed by atoms with van der Waals surface area (Å²) in [6.07, 6.45) is -1.19. The van der Waals surface area contributed by atoms with Crippen LogP contribution in [-0.2, 0) is 4.74 Å². The van der Waals surface area contributed by atoms with Crippen molar-refractivity contribution in [1.29, 1.82) is 0 Å². The third kappa shape index (κ3) is 1.53. The quantitative estimate of drug-likeness (QED) is 0.417. The zero-order chi connectivity index (χ0) is 13.7. The van der Waals surface area contributed by atoms with E-state index in [2.05, 4.69) is 0 Å². The first-order valence-electron chi connectivity index (χ1n) is 6.50. The molecule has 20 heavy (non-hydrogen) atoms. The Kier molecular flexibility index (Phi) is 2.31. The van der Waals surface area contributed by atoms with Crippen molar-refractivity contribution in [2.24, 2.45) is 0 Å². The highest BCUT2D eigenvalue weighted by molar-refractivity contribution is 6.08. The van der Waals surface area contributed by atoms with Gasteiger partial charge in [0.05, 0.1) is 17.6 Å². The lowest BCUT2D eigenvalue weighted by Crippen LogP contribution is -2.23. The van der Waals surface area contributed by atoms with Gasteiger partial charge in [0.2, 0.25) is 0 Å². The molecule has 1 aliphatic heterocycles. The van der Waals surface area contributed by atoms with Crippen LogP contribution in [0.3, 0.4) is 0 Å². The highest BCUT2D eigenvalue weighted by Crippen LogP contribution is 2.36. The molecule has 0 spiro atoms. The number of ether oxygens (including phenoxy) is 1. The third-order valence-corrected chi connectivity index (χ3v) is 3.79. The molecule has 2 atom stereocenters. The van der Waals surface area contributed by atoms with Crippen molar-refractivity contribution in [2.45, 2.75) is 12.3 Å². The van der Waals surface area contributed by atoms with Crippen molar-refractivity contribution in [2.75, 3.05) is 6.61 Å². The lowest BCUT2D eigenvalue weighted by molar-refractivity contribution is -0.549. The summed E-state index contributed by atoms with van der Waals surface area (Å²) in [6.45, 7) is 0.451. The van der Waals surface area contributed by atoms with E-state index in [1.807, 2.05) is 48.5 Å². The molecule has 1 saturated heterocycles. The summed E-state index contributed by atoms with van der Waals surface area (Å²) in [5.41, 5.74) is 1.76. The van der Waals surface area contributed by atoms with Crippen molar-refractivity contribution in [1.82, 2.24) is 4.57 Å². The summed E-state index contributed by atoms with van der Waals surface area (Å²) in [7, 11) is 0. The predicted molar refractivity (Wildman–Crippen MR) is 75.2 cm³/mol. The van der Waals surface area contributed by atoms with Crippen LogP contribution in [0.15, 0.2) is 48.5 Å². The van der Waals surface area contributed by atoms with E-state index < -0.39 is 6.17 Å². The van der Waals surface area contributed by atoms with Crippen LogP contribution in [-0.4, -0.2) is 22.2 Å². The summed E-state index contributed by atoms with van der Waals surface area (Å²) >= 11 is 0. The fraction of sp³-hybridized carbons (Fsp3) is 0.200. The average Bonchev–Trinajstić information content (AvgIpc) is 3.24. The Hall–Kier alpha value is -2.40. The molecule has 1 aromatic heterocycles. The number of aromatic nitrogens is 1. The number of nitro groups is 1. The number of nitrogens with zero attached hydrogens (tertiary/aromatic N) is 2. The monoisotopic (exact) mass is 268 g/mol. The zero-order valence-corrected chi connectivity index (χ0v) is 10.6. The molecule has 100 valence electrons. The fourth-order valence-electron chi connectivity index (χ4n) is 2.86. The fourth-order valence-corrected chi connectivity index (χ4v) is 2.86. The number of epoxide rings is 1. The minimum atomic E-state index is -0.861. The number of hydrogen-bond donors (Lipinski definition) is 0. The van der Waals surface area contributed by atoms with Crippen molar-refractivity contribution >= 4 is 21.8 Å².